The van der Waals surface area contributed by atoms with Gasteiger partial charge in [-0.05, 0) is 28.8 Å². The first kappa shape index (κ1) is 26.7. The van der Waals surface area contributed by atoms with Crippen molar-refractivity contribution in [1.82, 2.24) is 9.80 Å². The summed E-state index contributed by atoms with van der Waals surface area (Å²) in [5.41, 5.74) is 3.27. The van der Waals surface area contributed by atoms with Crippen LogP contribution < -0.4 is 0 Å². The normalized spacial score (nSPS) is 17.4. The first-order chi connectivity index (χ1) is 16.8. The van der Waals surface area contributed by atoms with Crippen molar-refractivity contribution in [1.29, 1.82) is 0 Å². The fourth-order valence-electron chi connectivity index (χ4n) is 4.28. The summed E-state index contributed by atoms with van der Waals surface area (Å²) in [6.45, 7) is 0.209. The molecule has 0 bridgehead atoms. The zero-order valence-corrected chi connectivity index (χ0v) is 20.3. The molecule has 0 aromatic heterocycles. The SMILES string of the molecule is CN1C(=O)c2ccccc2C1C(=O)O.CN1C(=O)c2ccccc2C1C(=O)OCc1ccccc1.[Li]. The molecule has 2 aliphatic rings. The smallest absolute Gasteiger partial charge is 0.333 e. The third-order valence-corrected chi connectivity index (χ3v) is 6.07. The minimum absolute atomic E-state index is 0. The first-order valence-electron chi connectivity index (χ1n) is 11.0. The van der Waals surface area contributed by atoms with Gasteiger partial charge in [0.15, 0.2) is 12.1 Å². The van der Waals surface area contributed by atoms with Crippen molar-refractivity contribution < 1.29 is 29.0 Å². The van der Waals surface area contributed by atoms with Gasteiger partial charge in [-0.3, -0.25) is 9.59 Å². The number of nitrogens with zero attached hydrogens (tertiary/aromatic N) is 2. The molecule has 1 N–H and O–H groups in total. The van der Waals surface area contributed by atoms with Gasteiger partial charge in [0.25, 0.3) is 11.8 Å². The molecule has 5 rings (SSSR count). The quantitative estimate of drug-likeness (QED) is 0.456. The van der Waals surface area contributed by atoms with Crippen LogP contribution in [-0.2, 0) is 20.9 Å². The van der Waals surface area contributed by atoms with Crippen LogP contribution >= 0.6 is 0 Å². The molecule has 0 saturated carbocycles. The molecule has 0 spiro atoms. The minimum Gasteiger partial charge on any atom is -0.479 e. The number of carbonyl (C=O) groups excluding carboxylic acids is 3. The van der Waals surface area contributed by atoms with Gasteiger partial charge >= 0.3 is 11.9 Å². The molecule has 2 amide bonds. The Balaban J connectivity index is 0.000000210. The second kappa shape index (κ2) is 11.3. The molecule has 9 heteroatoms. The van der Waals surface area contributed by atoms with E-state index in [1.54, 1.807) is 49.5 Å². The molecule has 2 atom stereocenters. The average Bonchev–Trinajstić information content (AvgIpc) is 3.28. The van der Waals surface area contributed by atoms with Gasteiger partial charge in [-0.1, -0.05) is 66.7 Å². The zero-order valence-electron chi connectivity index (χ0n) is 20.3. The monoisotopic (exact) mass is 479 g/mol. The number of ether oxygens (including phenoxy) is 1. The van der Waals surface area contributed by atoms with E-state index in [4.69, 9.17) is 9.84 Å². The fraction of sp³-hybridized carbons (Fsp3) is 0.185. The molecular weight excluding hydrogens is 455 g/mol. The summed E-state index contributed by atoms with van der Waals surface area (Å²) < 4.78 is 5.35. The summed E-state index contributed by atoms with van der Waals surface area (Å²) in [4.78, 5) is 49.6. The van der Waals surface area contributed by atoms with Crippen LogP contribution in [-0.4, -0.2) is 71.6 Å². The van der Waals surface area contributed by atoms with Crippen LogP contribution in [0.5, 0.6) is 0 Å². The van der Waals surface area contributed by atoms with Crippen LogP contribution in [0.3, 0.4) is 0 Å². The second-order valence-corrected chi connectivity index (χ2v) is 8.24. The summed E-state index contributed by atoms with van der Waals surface area (Å²) in [5, 5.41) is 8.95. The van der Waals surface area contributed by atoms with Crippen LogP contribution in [0.15, 0.2) is 78.9 Å². The van der Waals surface area contributed by atoms with Gasteiger partial charge in [-0.15, -0.1) is 0 Å². The topological polar surface area (TPSA) is 104 Å². The second-order valence-electron chi connectivity index (χ2n) is 8.24. The van der Waals surface area contributed by atoms with Crippen molar-refractivity contribution in [2.45, 2.75) is 18.7 Å². The number of hydrogen-bond acceptors (Lipinski definition) is 5. The van der Waals surface area contributed by atoms with E-state index in [0.717, 1.165) is 5.56 Å². The summed E-state index contributed by atoms with van der Waals surface area (Å²) in [7, 11) is 3.12. The van der Waals surface area contributed by atoms with Crippen LogP contribution in [0.2, 0.25) is 0 Å². The van der Waals surface area contributed by atoms with Gasteiger partial charge in [0.05, 0.1) is 0 Å². The number of carbonyl (C=O) groups is 4. The van der Waals surface area contributed by atoms with Gasteiger partial charge in [0, 0.05) is 44.1 Å². The van der Waals surface area contributed by atoms with E-state index in [1.807, 2.05) is 36.4 Å². The maximum Gasteiger partial charge on any atom is 0.333 e. The maximum absolute atomic E-state index is 12.3. The Hall–Kier alpha value is -3.86. The molecule has 1 radical (unpaired) electrons. The minimum atomic E-state index is -0.995. The molecule has 179 valence electrons. The Morgan fingerprint density at radius 3 is 1.72 bits per heavy atom. The standard InChI is InChI=1S/C17H15NO3.C10H9NO3.Li/c1-18-15(13-9-5-6-10-14(13)16(18)19)17(20)21-11-12-7-3-2-4-8-12;1-11-8(10(13)14)6-4-2-3-5-7(6)9(11)12;/h2-10,15H,11H2,1H3;2-5,8H,1H3,(H,13,14);. The van der Waals surface area contributed by atoms with Gasteiger partial charge in [0.1, 0.15) is 6.61 Å². The first-order valence-corrected chi connectivity index (χ1v) is 11.0. The molecular formula is C27H24LiN2O6. The van der Waals surface area contributed by atoms with Gasteiger partial charge in [-0.2, -0.15) is 0 Å². The number of rotatable bonds is 4. The van der Waals surface area contributed by atoms with Crippen molar-refractivity contribution in [3.8, 4) is 0 Å². The Kier molecular flexibility index (Phi) is 8.36. The number of amides is 2. The molecule has 36 heavy (non-hydrogen) atoms. The van der Waals surface area contributed by atoms with Crippen molar-refractivity contribution in [2.24, 2.45) is 0 Å². The summed E-state index contributed by atoms with van der Waals surface area (Å²) in [5.74, 6) is -1.77. The summed E-state index contributed by atoms with van der Waals surface area (Å²) >= 11 is 0. The molecule has 0 aliphatic carbocycles. The summed E-state index contributed by atoms with van der Waals surface area (Å²) in [6, 6.07) is 21.9. The molecule has 3 aromatic rings. The van der Waals surface area contributed by atoms with Gasteiger partial charge < -0.3 is 19.6 Å². The van der Waals surface area contributed by atoms with Crippen molar-refractivity contribution in [2.75, 3.05) is 14.1 Å². The van der Waals surface area contributed by atoms with E-state index in [9.17, 15) is 19.2 Å². The Labute approximate surface area is 220 Å². The summed E-state index contributed by atoms with van der Waals surface area (Å²) in [6.07, 6.45) is 0. The maximum atomic E-state index is 12.3. The molecule has 2 heterocycles. The predicted octanol–water partition coefficient (Wildman–Crippen LogP) is 3.07. The van der Waals surface area contributed by atoms with E-state index < -0.39 is 24.0 Å². The van der Waals surface area contributed by atoms with Crippen molar-refractivity contribution >= 4 is 42.6 Å². The van der Waals surface area contributed by atoms with Crippen LogP contribution in [0, 0.1) is 0 Å². The van der Waals surface area contributed by atoms with Crippen LogP contribution in [0.4, 0.5) is 0 Å². The average molecular weight is 479 g/mol. The molecule has 3 aromatic carbocycles. The number of benzene rings is 3. The number of carboxylic acid groups (broad SMARTS) is 1. The Morgan fingerprint density at radius 2 is 1.19 bits per heavy atom. The predicted molar refractivity (Wildman–Crippen MR) is 132 cm³/mol. The van der Waals surface area contributed by atoms with E-state index in [-0.39, 0.29) is 37.3 Å². The number of hydrogen-bond donors (Lipinski definition) is 1. The molecule has 8 nitrogen and oxygen atoms in total. The largest absolute Gasteiger partial charge is 0.479 e. The number of esters is 1. The number of aliphatic carboxylic acids is 1. The fourth-order valence-corrected chi connectivity index (χ4v) is 4.28. The van der Waals surface area contributed by atoms with Crippen LogP contribution in [0.1, 0.15) is 49.5 Å². The Morgan fingerprint density at radius 1 is 0.750 bits per heavy atom. The van der Waals surface area contributed by atoms with E-state index in [0.29, 0.717) is 22.3 Å². The molecule has 0 fully saturated rings. The molecule has 0 saturated heterocycles. The van der Waals surface area contributed by atoms with Gasteiger partial charge in [-0.25, -0.2) is 9.59 Å². The van der Waals surface area contributed by atoms with Crippen molar-refractivity contribution in [3.05, 3.63) is 107 Å². The third-order valence-electron chi connectivity index (χ3n) is 6.07. The molecule has 2 aliphatic heterocycles. The van der Waals surface area contributed by atoms with E-state index >= 15 is 0 Å². The molecule has 2 unspecified atom stereocenters. The van der Waals surface area contributed by atoms with Crippen molar-refractivity contribution in [3.63, 3.8) is 0 Å². The van der Waals surface area contributed by atoms with Crippen LogP contribution in [0.25, 0.3) is 0 Å². The number of carboxylic acids is 1. The third kappa shape index (κ3) is 5.06. The number of fused-ring (bicyclic) bond motifs is 2. The van der Waals surface area contributed by atoms with E-state index in [1.165, 1.54) is 16.8 Å². The van der Waals surface area contributed by atoms with Gasteiger partial charge in [0.2, 0.25) is 0 Å². The van der Waals surface area contributed by atoms with E-state index in [2.05, 4.69) is 0 Å². The Bertz CT molecular complexity index is 1300. The zero-order chi connectivity index (χ0) is 25.1. The number of likely N-dealkylation sites (N-methyl/N-ethyl adjacent to an activating group) is 2.